The van der Waals surface area contributed by atoms with Gasteiger partial charge >= 0.3 is 0 Å². The van der Waals surface area contributed by atoms with Crippen LogP contribution in [0.1, 0.15) is 36.8 Å². The van der Waals surface area contributed by atoms with E-state index in [0.29, 0.717) is 5.92 Å². The number of rotatable bonds is 1. The third kappa shape index (κ3) is 2.43. The highest BCUT2D eigenvalue weighted by molar-refractivity contribution is 5.73. The van der Waals surface area contributed by atoms with Crippen molar-refractivity contribution in [1.82, 2.24) is 4.90 Å². The Labute approximate surface area is 97.3 Å². The molecule has 0 spiro atoms. The molecule has 0 aromatic heterocycles. The Hall–Kier alpha value is -1.31. The molecule has 0 unspecified atom stereocenters. The van der Waals surface area contributed by atoms with Gasteiger partial charge in [0.05, 0.1) is 0 Å². The Balaban J connectivity index is 2.01. The number of carbonyl (C=O) groups excluding carboxylic acids is 1. The minimum atomic E-state index is 0.211. The molecule has 16 heavy (non-hydrogen) atoms. The second-order valence-electron chi connectivity index (χ2n) is 4.69. The molecule has 2 heteroatoms. The standard InChI is InChI=1S/C14H19NO/c1-11-4-3-5-14(10-11)13-6-8-15(9-7-13)12(2)16/h3-5,10,13H,6-9H2,1-2H3. The van der Waals surface area contributed by atoms with Crippen LogP contribution in [0, 0.1) is 6.92 Å². The number of carbonyl (C=O) groups is 1. The van der Waals surface area contributed by atoms with Gasteiger partial charge in [0.15, 0.2) is 0 Å². The lowest BCUT2D eigenvalue weighted by molar-refractivity contribution is -0.129. The van der Waals surface area contributed by atoms with Crippen LogP contribution in [-0.2, 0) is 4.79 Å². The van der Waals surface area contributed by atoms with Gasteiger partial charge in [0.1, 0.15) is 0 Å². The van der Waals surface area contributed by atoms with Crippen molar-refractivity contribution >= 4 is 5.91 Å². The van der Waals surface area contributed by atoms with Crippen LogP contribution in [0.2, 0.25) is 0 Å². The number of nitrogens with zero attached hydrogens (tertiary/aromatic N) is 1. The zero-order valence-electron chi connectivity index (χ0n) is 10.1. The van der Waals surface area contributed by atoms with Gasteiger partial charge in [-0.3, -0.25) is 4.79 Å². The van der Waals surface area contributed by atoms with Crippen LogP contribution in [0.25, 0.3) is 0 Å². The third-order valence-corrected chi connectivity index (χ3v) is 3.45. The van der Waals surface area contributed by atoms with Crippen molar-refractivity contribution in [2.24, 2.45) is 0 Å². The third-order valence-electron chi connectivity index (χ3n) is 3.45. The molecular formula is C14H19NO. The first-order valence-electron chi connectivity index (χ1n) is 5.99. The van der Waals surface area contributed by atoms with E-state index in [1.165, 1.54) is 11.1 Å². The predicted molar refractivity (Wildman–Crippen MR) is 65.4 cm³/mol. The maximum atomic E-state index is 11.2. The lowest BCUT2D eigenvalue weighted by Gasteiger charge is -2.31. The summed E-state index contributed by atoms with van der Waals surface area (Å²) in [5.74, 6) is 0.846. The molecule has 1 fully saturated rings. The monoisotopic (exact) mass is 217 g/mol. The highest BCUT2D eigenvalue weighted by atomic mass is 16.2. The van der Waals surface area contributed by atoms with Gasteiger partial charge in [-0.15, -0.1) is 0 Å². The summed E-state index contributed by atoms with van der Waals surface area (Å²) in [5.41, 5.74) is 2.76. The lowest BCUT2D eigenvalue weighted by atomic mass is 9.89. The number of aryl methyl sites for hydroxylation is 1. The van der Waals surface area contributed by atoms with Gasteiger partial charge in [-0.2, -0.15) is 0 Å². The average molecular weight is 217 g/mol. The quantitative estimate of drug-likeness (QED) is 0.708. The molecule has 2 rings (SSSR count). The number of hydrogen-bond acceptors (Lipinski definition) is 1. The van der Waals surface area contributed by atoms with Gasteiger partial charge in [0.2, 0.25) is 5.91 Å². The number of piperidine rings is 1. The Bertz CT molecular complexity index is 378. The van der Waals surface area contributed by atoms with E-state index in [4.69, 9.17) is 0 Å². The molecule has 2 nitrogen and oxygen atoms in total. The van der Waals surface area contributed by atoms with Crippen molar-refractivity contribution in [2.45, 2.75) is 32.6 Å². The van der Waals surface area contributed by atoms with Crippen LogP contribution in [-0.4, -0.2) is 23.9 Å². The summed E-state index contributed by atoms with van der Waals surface area (Å²) in [6.45, 7) is 5.61. The number of amides is 1. The van der Waals surface area contributed by atoms with Crippen molar-refractivity contribution in [2.75, 3.05) is 13.1 Å². The van der Waals surface area contributed by atoms with E-state index in [1.807, 2.05) is 4.90 Å². The second kappa shape index (κ2) is 4.69. The van der Waals surface area contributed by atoms with Crippen LogP contribution in [0.4, 0.5) is 0 Å². The van der Waals surface area contributed by atoms with Gasteiger partial charge in [0, 0.05) is 20.0 Å². The van der Waals surface area contributed by atoms with E-state index in [1.54, 1.807) is 6.92 Å². The molecule has 0 N–H and O–H groups in total. The van der Waals surface area contributed by atoms with E-state index in [0.717, 1.165) is 25.9 Å². The van der Waals surface area contributed by atoms with Crippen molar-refractivity contribution < 1.29 is 4.79 Å². The molecule has 0 aliphatic carbocycles. The first kappa shape index (κ1) is 11.2. The zero-order valence-corrected chi connectivity index (χ0v) is 10.1. The topological polar surface area (TPSA) is 20.3 Å². The minimum absolute atomic E-state index is 0.211. The van der Waals surface area contributed by atoms with Crippen LogP contribution in [0.5, 0.6) is 0 Å². The van der Waals surface area contributed by atoms with Crippen LogP contribution < -0.4 is 0 Å². The fourth-order valence-electron chi connectivity index (χ4n) is 2.45. The molecule has 1 aromatic rings. The Morgan fingerprint density at radius 1 is 1.31 bits per heavy atom. The normalized spacial score (nSPS) is 17.5. The van der Waals surface area contributed by atoms with Crippen LogP contribution >= 0.6 is 0 Å². The first-order chi connectivity index (χ1) is 7.66. The molecule has 1 aliphatic heterocycles. The van der Waals surface area contributed by atoms with E-state index in [-0.39, 0.29) is 5.91 Å². The zero-order chi connectivity index (χ0) is 11.5. The minimum Gasteiger partial charge on any atom is -0.343 e. The van der Waals surface area contributed by atoms with E-state index < -0.39 is 0 Å². The Morgan fingerprint density at radius 2 is 2.00 bits per heavy atom. The fourth-order valence-corrected chi connectivity index (χ4v) is 2.45. The summed E-state index contributed by atoms with van der Waals surface area (Å²) in [6, 6.07) is 8.74. The summed E-state index contributed by atoms with van der Waals surface area (Å²) in [6.07, 6.45) is 2.20. The second-order valence-corrected chi connectivity index (χ2v) is 4.69. The predicted octanol–water partition coefficient (Wildman–Crippen LogP) is 2.72. The van der Waals surface area contributed by atoms with Crippen molar-refractivity contribution in [3.05, 3.63) is 35.4 Å². The molecule has 1 heterocycles. The summed E-state index contributed by atoms with van der Waals surface area (Å²) >= 11 is 0. The average Bonchev–Trinajstić information content (AvgIpc) is 2.29. The van der Waals surface area contributed by atoms with Gasteiger partial charge in [-0.05, 0) is 31.2 Å². The van der Waals surface area contributed by atoms with Crippen LogP contribution in [0.15, 0.2) is 24.3 Å². The summed E-state index contributed by atoms with van der Waals surface area (Å²) in [4.78, 5) is 13.2. The highest BCUT2D eigenvalue weighted by Gasteiger charge is 2.21. The molecule has 86 valence electrons. The van der Waals surface area contributed by atoms with Crippen molar-refractivity contribution in [1.29, 1.82) is 0 Å². The van der Waals surface area contributed by atoms with Crippen LogP contribution in [0.3, 0.4) is 0 Å². The summed E-state index contributed by atoms with van der Waals surface area (Å²) < 4.78 is 0. The fraction of sp³-hybridized carbons (Fsp3) is 0.500. The summed E-state index contributed by atoms with van der Waals surface area (Å²) in [7, 11) is 0. The van der Waals surface area contributed by atoms with E-state index in [2.05, 4.69) is 31.2 Å². The SMILES string of the molecule is CC(=O)N1CCC(c2cccc(C)c2)CC1. The molecule has 0 saturated carbocycles. The summed E-state index contributed by atoms with van der Waals surface area (Å²) in [5, 5.41) is 0. The Kier molecular flexibility index (Phi) is 3.28. The molecule has 1 aromatic carbocycles. The first-order valence-corrected chi connectivity index (χ1v) is 5.99. The van der Waals surface area contributed by atoms with Gasteiger partial charge < -0.3 is 4.90 Å². The van der Waals surface area contributed by atoms with Crippen molar-refractivity contribution in [3.8, 4) is 0 Å². The maximum Gasteiger partial charge on any atom is 0.219 e. The van der Waals surface area contributed by atoms with Gasteiger partial charge in [-0.1, -0.05) is 29.8 Å². The molecule has 0 bridgehead atoms. The highest BCUT2D eigenvalue weighted by Crippen LogP contribution is 2.28. The van der Waals surface area contributed by atoms with Gasteiger partial charge in [-0.25, -0.2) is 0 Å². The van der Waals surface area contributed by atoms with Gasteiger partial charge in [0.25, 0.3) is 0 Å². The lowest BCUT2D eigenvalue weighted by Crippen LogP contribution is -2.36. The van der Waals surface area contributed by atoms with E-state index in [9.17, 15) is 4.79 Å². The molecular weight excluding hydrogens is 198 g/mol. The smallest absolute Gasteiger partial charge is 0.219 e. The Morgan fingerprint density at radius 3 is 2.56 bits per heavy atom. The van der Waals surface area contributed by atoms with Crippen molar-refractivity contribution in [3.63, 3.8) is 0 Å². The maximum absolute atomic E-state index is 11.2. The largest absolute Gasteiger partial charge is 0.343 e. The molecule has 1 aliphatic rings. The molecule has 1 amide bonds. The molecule has 0 radical (unpaired) electrons. The number of hydrogen-bond donors (Lipinski definition) is 0. The number of likely N-dealkylation sites (tertiary alicyclic amines) is 1. The molecule has 0 atom stereocenters. The number of benzene rings is 1. The van der Waals surface area contributed by atoms with E-state index >= 15 is 0 Å². The molecule has 1 saturated heterocycles.